The predicted molar refractivity (Wildman–Crippen MR) is 53.3 cm³/mol. The third-order valence-corrected chi connectivity index (χ3v) is 1.93. The molecule has 2 heteroatoms. The van der Waals surface area contributed by atoms with E-state index < -0.39 is 0 Å². The van der Waals surface area contributed by atoms with Crippen LogP contribution in [-0.4, -0.2) is 23.9 Å². The standard InChI is InChI=1S/C8H16O2.2CH4/c1-6(2)8-7(10-8)4-3-5-9;;/h6-9H,3-5H2,1-2H3;2*1H4. The molecule has 0 amide bonds. The number of aliphatic hydroxyl groups excluding tert-OH is 1. The molecule has 1 rings (SSSR count). The van der Waals surface area contributed by atoms with Gasteiger partial charge in [0.15, 0.2) is 0 Å². The molecule has 1 saturated heterocycles. The molecule has 0 aromatic rings. The molecule has 2 nitrogen and oxygen atoms in total. The lowest BCUT2D eigenvalue weighted by Gasteiger charge is -1.95. The largest absolute Gasteiger partial charge is 0.396 e. The summed E-state index contributed by atoms with van der Waals surface area (Å²) in [6.45, 7) is 4.64. The Hall–Kier alpha value is -0.0800. The summed E-state index contributed by atoms with van der Waals surface area (Å²) in [6.07, 6.45) is 2.84. The molecule has 1 aliphatic heterocycles. The van der Waals surface area contributed by atoms with Crippen molar-refractivity contribution in [2.24, 2.45) is 5.92 Å². The zero-order chi connectivity index (χ0) is 7.56. The summed E-state index contributed by atoms with van der Waals surface area (Å²) in [5.74, 6) is 0.642. The van der Waals surface area contributed by atoms with Crippen LogP contribution in [-0.2, 0) is 4.74 Å². The molecule has 0 radical (unpaired) electrons. The van der Waals surface area contributed by atoms with Gasteiger partial charge in [0.2, 0.25) is 0 Å². The van der Waals surface area contributed by atoms with Gasteiger partial charge in [-0.15, -0.1) is 0 Å². The number of rotatable bonds is 4. The van der Waals surface area contributed by atoms with Gasteiger partial charge in [0.1, 0.15) is 0 Å². The first-order valence-corrected chi connectivity index (χ1v) is 4.02. The lowest BCUT2D eigenvalue weighted by atomic mass is 10.1. The van der Waals surface area contributed by atoms with Crippen molar-refractivity contribution in [1.29, 1.82) is 0 Å². The Labute approximate surface area is 76.9 Å². The molecule has 1 aliphatic rings. The summed E-state index contributed by atoms with van der Waals surface area (Å²) in [6, 6.07) is 0. The van der Waals surface area contributed by atoms with E-state index in [0.29, 0.717) is 24.7 Å². The highest BCUT2D eigenvalue weighted by Gasteiger charge is 2.39. The molecular formula is C10H24O2. The summed E-state index contributed by atoms with van der Waals surface area (Å²) in [5.41, 5.74) is 0. The van der Waals surface area contributed by atoms with Gasteiger partial charge in [-0.05, 0) is 18.8 Å². The van der Waals surface area contributed by atoms with E-state index in [1.807, 2.05) is 0 Å². The quantitative estimate of drug-likeness (QED) is 0.667. The zero-order valence-electron chi connectivity index (χ0n) is 6.71. The van der Waals surface area contributed by atoms with Crippen molar-refractivity contribution in [3.8, 4) is 0 Å². The van der Waals surface area contributed by atoms with Crippen LogP contribution in [0, 0.1) is 5.92 Å². The highest BCUT2D eigenvalue weighted by Crippen LogP contribution is 2.32. The Morgan fingerprint density at radius 1 is 1.33 bits per heavy atom. The molecule has 0 aliphatic carbocycles. The minimum Gasteiger partial charge on any atom is -0.396 e. The van der Waals surface area contributed by atoms with E-state index in [1.165, 1.54) is 0 Å². The Balaban J connectivity index is 0. The zero-order valence-corrected chi connectivity index (χ0v) is 6.71. The predicted octanol–water partition coefficient (Wildman–Crippen LogP) is 2.45. The highest BCUT2D eigenvalue weighted by molar-refractivity contribution is 4.86. The SMILES string of the molecule is C.C.CC(C)C1OC1CCCO. The molecule has 0 aromatic carbocycles. The molecule has 0 saturated carbocycles. The van der Waals surface area contributed by atoms with Crippen LogP contribution in [0.25, 0.3) is 0 Å². The van der Waals surface area contributed by atoms with Crippen molar-refractivity contribution in [3.05, 3.63) is 0 Å². The van der Waals surface area contributed by atoms with Crippen LogP contribution >= 0.6 is 0 Å². The normalized spacial score (nSPS) is 26.0. The van der Waals surface area contributed by atoms with E-state index in [1.54, 1.807) is 0 Å². The van der Waals surface area contributed by atoms with E-state index in [9.17, 15) is 0 Å². The van der Waals surface area contributed by atoms with E-state index in [2.05, 4.69) is 13.8 Å². The van der Waals surface area contributed by atoms with Gasteiger partial charge in [-0.25, -0.2) is 0 Å². The number of hydrogen-bond acceptors (Lipinski definition) is 2. The number of hydrogen-bond donors (Lipinski definition) is 1. The van der Waals surface area contributed by atoms with Crippen LogP contribution in [0.5, 0.6) is 0 Å². The first kappa shape index (κ1) is 14.4. The van der Waals surface area contributed by atoms with E-state index in [4.69, 9.17) is 9.84 Å². The van der Waals surface area contributed by atoms with Crippen LogP contribution in [0.3, 0.4) is 0 Å². The fourth-order valence-electron chi connectivity index (χ4n) is 1.27. The first-order valence-electron chi connectivity index (χ1n) is 4.02. The molecule has 2 atom stereocenters. The topological polar surface area (TPSA) is 32.8 Å². The second-order valence-electron chi connectivity index (χ2n) is 3.25. The molecular weight excluding hydrogens is 152 g/mol. The number of epoxide rings is 1. The molecule has 1 fully saturated rings. The lowest BCUT2D eigenvalue weighted by molar-refractivity contribution is 0.271. The van der Waals surface area contributed by atoms with Crippen molar-refractivity contribution in [1.82, 2.24) is 0 Å². The van der Waals surface area contributed by atoms with Crippen molar-refractivity contribution < 1.29 is 9.84 Å². The third kappa shape index (κ3) is 4.07. The molecule has 0 spiro atoms. The molecule has 1 heterocycles. The second-order valence-corrected chi connectivity index (χ2v) is 3.25. The molecule has 2 unspecified atom stereocenters. The Morgan fingerprint density at radius 2 is 1.92 bits per heavy atom. The van der Waals surface area contributed by atoms with Gasteiger partial charge in [0.05, 0.1) is 12.2 Å². The van der Waals surface area contributed by atoms with Crippen molar-refractivity contribution in [2.45, 2.75) is 53.8 Å². The van der Waals surface area contributed by atoms with E-state index >= 15 is 0 Å². The number of ether oxygens (including phenoxy) is 1. The van der Waals surface area contributed by atoms with Gasteiger partial charge in [-0.3, -0.25) is 0 Å². The molecule has 0 aromatic heterocycles. The summed E-state index contributed by atoms with van der Waals surface area (Å²) in [7, 11) is 0. The maximum atomic E-state index is 8.51. The van der Waals surface area contributed by atoms with Gasteiger partial charge in [0.25, 0.3) is 0 Å². The van der Waals surface area contributed by atoms with Crippen LogP contribution in [0.1, 0.15) is 41.5 Å². The average Bonchev–Trinajstić information content (AvgIpc) is 2.62. The summed E-state index contributed by atoms with van der Waals surface area (Å²) < 4.78 is 5.37. The average molecular weight is 176 g/mol. The van der Waals surface area contributed by atoms with Gasteiger partial charge in [-0.1, -0.05) is 28.7 Å². The minimum absolute atomic E-state index is 0. The number of aliphatic hydroxyl groups is 1. The van der Waals surface area contributed by atoms with Gasteiger partial charge >= 0.3 is 0 Å². The van der Waals surface area contributed by atoms with Crippen LogP contribution in [0.15, 0.2) is 0 Å². The summed E-state index contributed by atoms with van der Waals surface area (Å²) >= 11 is 0. The van der Waals surface area contributed by atoms with Crippen LogP contribution in [0.2, 0.25) is 0 Å². The fraction of sp³-hybridized carbons (Fsp3) is 1.00. The molecule has 12 heavy (non-hydrogen) atoms. The Kier molecular flexibility index (Phi) is 7.75. The maximum Gasteiger partial charge on any atom is 0.0864 e. The molecule has 76 valence electrons. The Bertz CT molecular complexity index is 102. The lowest BCUT2D eigenvalue weighted by Crippen LogP contribution is -2.02. The highest BCUT2D eigenvalue weighted by atomic mass is 16.6. The van der Waals surface area contributed by atoms with E-state index in [0.717, 1.165) is 12.8 Å². The monoisotopic (exact) mass is 176 g/mol. The minimum atomic E-state index is 0. The van der Waals surface area contributed by atoms with Gasteiger partial charge in [0, 0.05) is 6.61 Å². The van der Waals surface area contributed by atoms with Crippen LogP contribution < -0.4 is 0 Å². The maximum absolute atomic E-state index is 8.51. The van der Waals surface area contributed by atoms with Crippen molar-refractivity contribution in [2.75, 3.05) is 6.61 Å². The third-order valence-electron chi connectivity index (χ3n) is 1.93. The summed E-state index contributed by atoms with van der Waals surface area (Å²) in [4.78, 5) is 0. The molecule has 0 bridgehead atoms. The van der Waals surface area contributed by atoms with Crippen LogP contribution in [0.4, 0.5) is 0 Å². The second kappa shape index (κ2) is 6.44. The van der Waals surface area contributed by atoms with E-state index in [-0.39, 0.29) is 14.9 Å². The summed E-state index contributed by atoms with van der Waals surface area (Å²) in [5, 5.41) is 8.51. The molecule has 1 N–H and O–H groups in total. The van der Waals surface area contributed by atoms with Gasteiger partial charge in [-0.2, -0.15) is 0 Å². The van der Waals surface area contributed by atoms with Gasteiger partial charge < -0.3 is 9.84 Å². The fourth-order valence-corrected chi connectivity index (χ4v) is 1.27. The van der Waals surface area contributed by atoms with Crippen molar-refractivity contribution >= 4 is 0 Å². The smallest absolute Gasteiger partial charge is 0.0864 e. The first-order chi connectivity index (χ1) is 4.75. The Morgan fingerprint density at radius 3 is 2.25 bits per heavy atom. The van der Waals surface area contributed by atoms with Crippen molar-refractivity contribution in [3.63, 3.8) is 0 Å².